The zero-order chi connectivity index (χ0) is 13.1. The number of nitrogens with zero attached hydrogens (tertiary/aromatic N) is 2. The number of hydrogen-bond acceptors (Lipinski definition) is 3. The van der Waals surface area contributed by atoms with Crippen LogP contribution in [-0.4, -0.2) is 20.1 Å². The fourth-order valence-corrected chi connectivity index (χ4v) is 1.85. The van der Waals surface area contributed by atoms with E-state index in [1.165, 1.54) is 0 Å². The Kier molecular flexibility index (Phi) is 4.39. The molecular formula is C13H18ClN3. The number of nitriles is 1. The van der Waals surface area contributed by atoms with Crippen molar-refractivity contribution in [2.45, 2.75) is 13.8 Å². The molecule has 0 radical (unpaired) electrons. The second-order valence-corrected chi connectivity index (χ2v) is 5.41. The van der Waals surface area contributed by atoms with Crippen molar-refractivity contribution in [1.29, 1.82) is 5.26 Å². The lowest BCUT2D eigenvalue weighted by molar-refractivity contribution is 0.385. The summed E-state index contributed by atoms with van der Waals surface area (Å²) in [5.41, 5.74) is 7.26. The largest absolute Gasteiger partial charge is 0.374 e. The van der Waals surface area contributed by atoms with Crippen molar-refractivity contribution in [3.05, 3.63) is 28.8 Å². The van der Waals surface area contributed by atoms with Crippen molar-refractivity contribution < 1.29 is 0 Å². The first-order valence-corrected chi connectivity index (χ1v) is 5.88. The third kappa shape index (κ3) is 3.62. The molecule has 0 amide bonds. The molecule has 0 aromatic heterocycles. The lowest BCUT2D eigenvalue weighted by Crippen LogP contribution is -2.36. The minimum atomic E-state index is 0.0507. The van der Waals surface area contributed by atoms with Crippen LogP contribution in [0.15, 0.2) is 18.2 Å². The van der Waals surface area contributed by atoms with Gasteiger partial charge in [-0.1, -0.05) is 25.4 Å². The average molecular weight is 252 g/mol. The lowest BCUT2D eigenvalue weighted by atomic mass is 9.93. The molecule has 0 saturated carbocycles. The molecule has 92 valence electrons. The molecule has 0 atom stereocenters. The summed E-state index contributed by atoms with van der Waals surface area (Å²) < 4.78 is 0. The normalized spacial score (nSPS) is 11.1. The summed E-state index contributed by atoms with van der Waals surface area (Å²) in [4.78, 5) is 2.10. The fraction of sp³-hybridized carbons (Fsp3) is 0.462. The highest BCUT2D eigenvalue weighted by atomic mass is 35.5. The molecule has 0 aliphatic heterocycles. The Bertz CT molecular complexity index is 435. The van der Waals surface area contributed by atoms with E-state index in [1.54, 1.807) is 6.07 Å². The van der Waals surface area contributed by atoms with Crippen LogP contribution >= 0.6 is 11.6 Å². The summed E-state index contributed by atoms with van der Waals surface area (Å²) in [6.45, 7) is 5.70. The van der Waals surface area contributed by atoms with Crippen LogP contribution in [-0.2, 0) is 0 Å². The predicted octanol–water partition coefficient (Wildman–Crippen LogP) is 2.63. The summed E-state index contributed by atoms with van der Waals surface area (Å²) in [7, 11) is 2.00. The van der Waals surface area contributed by atoms with E-state index in [-0.39, 0.29) is 5.41 Å². The van der Waals surface area contributed by atoms with E-state index >= 15 is 0 Å². The third-order valence-corrected chi connectivity index (χ3v) is 3.04. The number of halogens is 1. The minimum absolute atomic E-state index is 0.0507. The predicted molar refractivity (Wildman–Crippen MR) is 72.3 cm³/mol. The quantitative estimate of drug-likeness (QED) is 0.895. The Hall–Kier alpha value is -1.24. The Morgan fingerprint density at radius 3 is 2.59 bits per heavy atom. The highest BCUT2D eigenvalue weighted by Crippen LogP contribution is 2.25. The summed E-state index contributed by atoms with van der Waals surface area (Å²) in [5.74, 6) is 0. The Labute approximate surface area is 108 Å². The second kappa shape index (κ2) is 5.39. The van der Waals surface area contributed by atoms with Crippen molar-refractivity contribution in [2.75, 3.05) is 25.0 Å². The molecule has 17 heavy (non-hydrogen) atoms. The van der Waals surface area contributed by atoms with Crippen molar-refractivity contribution in [1.82, 2.24) is 0 Å². The first-order valence-electron chi connectivity index (χ1n) is 5.50. The molecule has 1 aromatic carbocycles. The minimum Gasteiger partial charge on any atom is -0.374 e. The van der Waals surface area contributed by atoms with E-state index < -0.39 is 0 Å². The number of hydrogen-bond donors (Lipinski definition) is 1. The summed E-state index contributed by atoms with van der Waals surface area (Å²) >= 11 is 6.00. The molecule has 0 bridgehead atoms. The van der Waals surface area contributed by atoms with Crippen molar-refractivity contribution >= 4 is 17.3 Å². The molecular weight excluding hydrogens is 234 g/mol. The first-order chi connectivity index (χ1) is 7.89. The molecule has 1 rings (SSSR count). The van der Waals surface area contributed by atoms with Crippen LogP contribution in [0.4, 0.5) is 5.69 Å². The molecule has 2 N–H and O–H groups in total. The van der Waals surface area contributed by atoms with Gasteiger partial charge < -0.3 is 10.6 Å². The van der Waals surface area contributed by atoms with Crippen LogP contribution in [0.5, 0.6) is 0 Å². The van der Waals surface area contributed by atoms with Crippen molar-refractivity contribution in [3.8, 4) is 6.07 Å². The van der Waals surface area contributed by atoms with Crippen LogP contribution in [0.1, 0.15) is 19.4 Å². The van der Waals surface area contributed by atoms with Gasteiger partial charge in [-0.3, -0.25) is 0 Å². The highest BCUT2D eigenvalue weighted by Gasteiger charge is 2.18. The van der Waals surface area contributed by atoms with E-state index in [0.717, 1.165) is 12.2 Å². The van der Waals surface area contributed by atoms with Gasteiger partial charge in [-0.25, -0.2) is 0 Å². The van der Waals surface area contributed by atoms with Gasteiger partial charge in [-0.2, -0.15) is 5.26 Å². The zero-order valence-electron chi connectivity index (χ0n) is 10.5. The lowest BCUT2D eigenvalue weighted by Gasteiger charge is -2.30. The monoisotopic (exact) mass is 251 g/mol. The third-order valence-electron chi connectivity index (χ3n) is 2.73. The van der Waals surface area contributed by atoms with Gasteiger partial charge in [-0.05, 0) is 30.2 Å². The average Bonchev–Trinajstić information content (AvgIpc) is 2.28. The van der Waals surface area contributed by atoms with Gasteiger partial charge in [0.1, 0.15) is 6.07 Å². The number of anilines is 1. The van der Waals surface area contributed by atoms with Gasteiger partial charge in [0.05, 0.1) is 10.6 Å². The van der Waals surface area contributed by atoms with Crippen LogP contribution in [0.3, 0.4) is 0 Å². The highest BCUT2D eigenvalue weighted by molar-refractivity contribution is 6.32. The summed E-state index contributed by atoms with van der Waals surface area (Å²) in [6, 6.07) is 7.50. The van der Waals surface area contributed by atoms with E-state index in [0.29, 0.717) is 17.1 Å². The molecule has 3 nitrogen and oxygen atoms in total. The van der Waals surface area contributed by atoms with Gasteiger partial charge in [0.15, 0.2) is 0 Å². The molecule has 0 heterocycles. The van der Waals surface area contributed by atoms with Crippen LogP contribution in [0.25, 0.3) is 0 Å². The van der Waals surface area contributed by atoms with Gasteiger partial charge in [0, 0.05) is 19.3 Å². The number of nitrogens with two attached hydrogens (primary N) is 1. The smallest absolute Gasteiger partial charge is 0.101 e. The summed E-state index contributed by atoms with van der Waals surface area (Å²) in [6.07, 6.45) is 0. The molecule has 0 spiro atoms. The van der Waals surface area contributed by atoms with Crippen LogP contribution in [0, 0.1) is 16.7 Å². The first kappa shape index (κ1) is 13.8. The van der Waals surface area contributed by atoms with Crippen molar-refractivity contribution in [3.63, 3.8) is 0 Å². The van der Waals surface area contributed by atoms with Crippen molar-refractivity contribution in [2.24, 2.45) is 11.1 Å². The maximum atomic E-state index is 8.81. The molecule has 4 heteroatoms. The number of rotatable bonds is 4. The van der Waals surface area contributed by atoms with Gasteiger partial charge in [0.2, 0.25) is 0 Å². The fourth-order valence-electron chi connectivity index (χ4n) is 1.63. The Morgan fingerprint density at radius 1 is 1.47 bits per heavy atom. The molecule has 1 aromatic rings. The van der Waals surface area contributed by atoms with E-state index in [2.05, 4.69) is 24.8 Å². The maximum absolute atomic E-state index is 8.81. The summed E-state index contributed by atoms with van der Waals surface area (Å²) in [5, 5.41) is 9.30. The standard InChI is InChI=1S/C13H18ClN3/c1-13(2,8-16)9-17(3)11-5-4-10(7-15)12(14)6-11/h4-6H,8-9,16H2,1-3H3. The molecule has 0 saturated heterocycles. The zero-order valence-corrected chi connectivity index (χ0v) is 11.3. The van der Waals surface area contributed by atoms with Gasteiger partial charge >= 0.3 is 0 Å². The van der Waals surface area contributed by atoms with Gasteiger partial charge in [-0.15, -0.1) is 0 Å². The SMILES string of the molecule is CN(CC(C)(C)CN)c1ccc(C#N)c(Cl)c1. The topological polar surface area (TPSA) is 53.0 Å². The van der Waals surface area contributed by atoms with E-state index in [4.69, 9.17) is 22.6 Å². The van der Waals surface area contributed by atoms with E-state index in [9.17, 15) is 0 Å². The molecule has 0 unspecified atom stereocenters. The van der Waals surface area contributed by atoms with Crippen LogP contribution in [0.2, 0.25) is 5.02 Å². The van der Waals surface area contributed by atoms with E-state index in [1.807, 2.05) is 19.2 Å². The molecule has 0 fully saturated rings. The Balaban J connectivity index is 2.87. The second-order valence-electron chi connectivity index (χ2n) is 5.00. The van der Waals surface area contributed by atoms with Crippen LogP contribution < -0.4 is 10.6 Å². The maximum Gasteiger partial charge on any atom is 0.101 e. The van der Waals surface area contributed by atoms with Gasteiger partial charge in [0.25, 0.3) is 0 Å². The molecule has 0 aliphatic carbocycles. The Morgan fingerprint density at radius 2 is 2.12 bits per heavy atom. The number of benzene rings is 1. The molecule has 0 aliphatic rings.